The van der Waals surface area contributed by atoms with Crippen molar-refractivity contribution in [3.63, 3.8) is 0 Å². The molecule has 0 unspecified atom stereocenters. The summed E-state index contributed by atoms with van der Waals surface area (Å²) in [5.41, 5.74) is 1.59. The van der Waals surface area contributed by atoms with Crippen molar-refractivity contribution in [2.24, 2.45) is 0 Å². The van der Waals surface area contributed by atoms with Crippen molar-refractivity contribution < 1.29 is 23.5 Å². The summed E-state index contributed by atoms with van der Waals surface area (Å²) >= 11 is 0. The first-order valence-electron chi connectivity index (χ1n) is 10.5. The maximum absolute atomic E-state index is 13.3. The first-order chi connectivity index (χ1) is 15.0. The van der Waals surface area contributed by atoms with Crippen molar-refractivity contribution in [2.45, 2.75) is 26.7 Å². The molecule has 1 N–H and O–H groups in total. The smallest absolute Gasteiger partial charge is 0.278 e. The van der Waals surface area contributed by atoms with Crippen LogP contribution in [0.1, 0.15) is 32.3 Å². The minimum atomic E-state index is -0.410. The SMILES string of the molecule is CCCOc1ccc(C2=C(Nc3ccc(F)cc3)C(=O)N(CCCOCC)C2=O)cc1. The second kappa shape index (κ2) is 10.7. The Morgan fingerprint density at radius 2 is 1.65 bits per heavy atom. The Hall–Kier alpha value is -3.19. The van der Waals surface area contributed by atoms with E-state index < -0.39 is 5.91 Å². The molecule has 1 aliphatic rings. The van der Waals surface area contributed by atoms with E-state index in [1.165, 1.54) is 29.2 Å². The highest BCUT2D eigenvalue weighted by molar-refractivity contribution is 6.36. The number of amides is 2. The summed E-state index contributed by atoms with van der Waals surface area (Å²) in [5, 5.41) is 3.02. The number of benzene rings is 2. The van der Waals surface area contributed by atoms with E-state index >= 15 is 0 Å². The van der Waals surface area contributed by atoms with Crippen LogP contribution in [0.25, 0.3) is 5.57 Å². The third kappa shape index (κ3) is 5.49. The molecule has 1 heterocycles. The summed E-state index contributed by atoms with van der Waals surface area (Å²) in [5.74, 6) is -0.459. The highest BCUT2D eigenvalue weighted by atomic mass is 19.1. The van der Waals surface area contributed by atoms with Gasteiger partial charge in [0.25, 0.3) is 11.8 Å². The molecule has 0 saturated heterocycles. The van der Waals surface area contributed by atoms with Crippen molar-refractivity contribution in [1.82, 2.24) is 4.90 Å². The quantitative estimate of drug-likeness (QED) is 0.430. The summed E-state index contributed by atoms with van der Waals surface area (Å²) < 4.78 is 24.2. The number of carbonyl (C=O) groups is 2. The molecule has 7 heteroatoms. The highest BCUT2D eigenvalue weighted by Crippen LogP contribution is 2.31. The second-order valence-corrected chi connectivity index (χ2v) is 7.07. The predicted molar refractivity (Wildman–Crippen MR) is 117 cm³/mol. The second-order valence-electron chi connectivity index (χ2n) is 7.07. The maximum atomic E-state index is 13.3. The van der Waals surface area contributed by atoms with E-state index in [9.17, 15) is 14.0 Å². The Balaban J connectivity index is 1.89. The zero-order valence-corrected chi connectivity index (χ0v) is 17.8. The van der Waals surface area contributed by atoms with Crippen LogP contribution in [-0.4, -0.2) is 43.1 Å². The first-order valence-corrected chi connectivity index (χ1v) is 10.5. The monoisotopic (exact) mass is 426 g/mol. The van der Waals surface area contributed by atoms with Crippen LogP contribution in [0.3, 0.4) is 0 Å². The van der Waals surface area contributed by atoms with E-state index in [0.717, 1.165) is 6.42 Å². The Kier molecular flexibility index (Phi) is 7.78. The predicted octanol–water partition coefficient (Wildman–Crippen LogP) is 4.23. The van der Waals surface area contributed by atoms with Crippen LogP contribution < -0.4 is 10.1 Å². The lowest BCUT2D eigenvalue weighted by Crippen LogP contribution is -2.34. The number of hydrogen-bond donors (Lipinski definition) is 1. The molecule has 0 aromatic heterocycles. The van der Waals surface area contributed by atoms with Gasteiger partial charge in [0.15, 0.2) is 0 Å². The zero-order chi connectivity index (χ0) is 22.2. The number of halogens is 1. The average molecular weight is 426 g/mol. The molecule has 0 aliphatic carbocycles. The van der Waals surface area contributed by atoms with Gasteiger partial charge in [-0.2, -0.15) is 0 Å². The Morgan fingerprint density at radius 1 is 0.935 bits per heavy atom. The van der Waals surface area contributed by atoms with Crippen LogP contribution in [0.4, 0.5) is 10.1 Å². The molecule has 1 aliphatic heterocycles. The summed E-state index contributed by atoms with van der Waals surface area (Å²) in [6.07, 6.45) is 1.44. The average Bonchev–Trinajstić information content (AvgIpc) is 3.01. The van der Waals surface area contributed by atoms with Crippen LogP contribution in [-0.2, 0) is 14.3 Å². The van der Waals surface area contributed by atoms with Gasteiger partial charge < -0.3 is 14.8 Å². The van der Waals surface area contributed by atoms with Crippen molar-refractivity contribution in [3.8, 4) is 5.75 Å². The maximum Gasteiger partial charge on any atom is 0.278 e. The molecule has 0 fully saturated rings. The van der Waals surface area contributed by atoms with E-state index in [1.807, 2.05) is 13.8 Å². The fraction of sp³-hybridized carbons (Fsp3) is 0.333. The van der Waals surface area contributed by atoms with E-state index in [0.29, 0.717) is 43.2 Å². The third-order valence-corrected chi connectivity index (χ3v) is 4.77. The number of ether oxygens (including phenoxy) is 2. The van der Waals surface area contributed by atoms with Gasteiger partial charge in [0.05, 0.1) is 12.2 Å². The lowest BCUT2D eigenvalue weighted by Gasteiger charge is -2.15. The third-order valence-electron chi connectivity index (χ3n) is 4.77. The van der Waals surface area contributed by atoms with E-state index in [-0.39, 0.29) is 29.5 Å². The van der Waals surface area contributed by atoms with Gasteiger partial charge in [-0.15, -0.1) is 0 Å². The largest absolute Gasteiger partial charge is 0.494 e. The van der Waals surface area contributed by atoms with Crippen LogP contribution in [0.15, 0.2) is 54.2 Å². The summed E-state index contributed by atoms with van der Waals surface area (Å²) in [6, 6.07) is 12.7. The fourth-order valence-corrected chi connectivity index (χ4v) is 3.25. The van der Waals surface area contributed by atoms with E-state index in [1.54, 1.807) is 24.3 Å². The van der Waals surface area contributed by atoms with E-state index in [4.69, 9.17) is 9.47 Å². The molecule has 2 amide bonds. The number of nitrogens with zero attached hydrogens (tertiary/aromatic N) is 1. The van der Waals surface area contributed by atoms with Gasteiger partial charge in [-0.25, -0.2) is 4.39 Å². The molecule has 164 valence electrons. The summed E-state index contributed by atoms with van der Waals surface area (Å²) in [7, 11) is 0. The Labute approximate surface area is 181 Å². The van der Waals surface area contributed by atoms with Gasteiger partial charge in [-0.3, -0.25) is 14.5 Å². The zero-order valence-electron chi connectivity index (χ0n) is 17.8. The molecule has 3 rings (SSSR count). The van der Waals surface area contributed by atoms with Crippen molar-refractivity contribution in [1.29, 1.82) is 0 Å². The summed E-state index contributed by atoms with van der Waals surface area (Å²) in [6.45, 7) is 5.82. The Morgan fingerprint density at radius 3 is 2.29 bits per heavy atom. The van der Waals surface area contributed by atoms with Gasteiger partial charge in [0.2, 0.25) is 0 Å². The molecule has 0 atom stereocenters. The van der Waals surface area contributed by atoms with Crippen LogP contribution in [0, 0.1) is 5.82 Å². The normalized spacial score (nSPS) is 13.8. The summed E-state index contributed by atoms with van der Waals surface area (Å²) in [4.78, 5) is 27.5. The van der Waals surface area contributed by atoms with Gasteiger partial charge >= 0.3 is 0 Å². The first kappa shape index (κ1) is 22.5. The molecule has 6 nitrogen and oxygen atoms in total. The molecule has 0 spiro atoms. The lowest BCUT2D eigenvalue weighted by atomic mass is 10.0. The standard InChI is InChI=1S/C24H27FN2O4/c1-3-15-31-20-12-6-17(7-13-20)21-22(26-19-10-8-18(25)9-11-19)24(29)27(23(21)28)14-5-16-30-4-2/h6-13,26H,3-5,14-16H2,1-2H3. The van der Waals surface area contributed by atoms with Gasteiger partial charge in [0, 0.05) is 25.4 Å². The van der Waals surface area contributed by atoms with Crippen molar-refractivity contribution in [2.75, 3.05) is 31.7 Å². The lowest BCUT2D eigenvalue weighted by molar-refractivity contribution is -0.137. The van der Waals surface area contributed by atoms with Gasteiger partial charge in [-0.05, 0) is 61.7 Å². The molecular weight excluding hydrogens is 399 g/mol. The molecule has 2 aromatic rings. The van der Waals surface area contributed by atoms with Crippen molar-refractivity contribution in [3.05, 3.63) is 65.6 Å². The molecule has 2 aromatic carbocycles. The molecule has 0 saturated carbocycles. The van der Waals surface area contributed by atoms with Crippen molar-refractivity contribution >= 4 is 23.1 Å². The number of hydrogen-bond acceptors (Lipinski definition) is 5. The topological polar surface area (TPSA) is 67.9 Å². The van der Waals surface area contributed by atoms with Gasteiger partial charge in [0.1, 0.15) is 17.3 Å². The molecule has 0 radical (unpaired) electrons. The Bertz CT molecular complexity index is 939. The van der Waals surface area contributed by atoms with Crippen LogP contribution in [0.5, 0.6) is 5.75 Å². The molecular formula is C24H27FN2O4. The van der Waals surface area contributed by atoms with Crippen LogP contribution >= 0.6 is 0 Å². The molecule has 0 bridgehead atoms. The highest BCUT2D eigenvalue weighted by Gasteiger charge is 2.38. The van der Waals surface area contributed by atoms with E-state index in [2.05, 4.69) is 5.32 Å². The minimum Gasteiger partial charge on any atom is -0.494 e. The number of imide groups is 1. The number of rotatable bonds is 11. The number of carbonyl (C=O) groups excluding carboxylic acids is 2. The minimum absolute atomic E-state index is 0.176. The number of anilines is 1. The van der Waals surface area contributed by atoms with Crippen LogP contribution in [0.2, 0.25) is 0 Å². The van der Waals surface area contributed by atoms with Gasteiger partial charge in [-0.1, -0.05) is 19.1 Å². The number of nitrogens with one attached hydrogen (secondary N) is 1. The fourth-order valence-electron chi connectivity index (χ4n) is 3.25. The molecule has 31 heavy (non-hydrogen) atoms.